The number of nitriles is 1. The minimum Gasteiger partial charge on any atom is -0.490 e. The molecule has 1 amide bonds. The fourth-order valence-electron chi connectivity index (χ4n) is 2.87. The Labute approximate surface area is 209 Å². The van der Waals surface area contributed by atoms with E-state index in [4.69, 9.17) is 9.47 Å². The normalized spacial score (nSPS) is 10.9. The van der Waals surface area contributed by atoms with Gasteiger partial charge in [0.15, 0.2) is 11.5 Å². The molecular formula is C25H20BrIN2O3. The summed E-state index contributed by atoms with van der Waals surface area (Å²) < 4.78 is 13.4. The van der Waals surface area contributed by atoms with Crippen molar-refractivity contribution in [3.63, 3.8) is 0 Å². The van der Waals surface area contributed by atoms with E-state index in [-0.39, 0.29) is 5.57 Å². The molecule has 0 aliphatic heterocycles. The van der Waals surface area contributed by atoms with Crippen molar-refractivity contribution in [2.75, 3.05) is 11.9 Å². The van der Waals surface area contributed by atoms with Crippen LogP contribution in [-0.2, 0) is 11.4 Å². The second kappa shape index (κ2) is 11.7. The lowest BCUT2D eigenvalue weighted by Gasteiger charge is -2.15. The Morgan fingerprint density at radius 3 is 2.53 bits per heavy atom. The summed E-state index contributed by atoms with van der Waals surface area (Å²) in [5.41, 5.74) is 2.29. The van der Waals surface area contributed by atoms with Gasteiger partial charge in [-0.05, 0) is 86.9 Å². The minimum atomic E-state index is -0.489. The number of nitrogens with zero attached hydrogens (tertiary/aromatic N) is 1. The predicted molar refractivity (Wildman–Crippen MR) is 137 cm³/mol. The number of carbonyl (C=O) groups excluding carboxylic acids is 1. The van der Waals surface area contributed by atoms with E-state index in [0.717, 1.165) is 13.6 Å². The molecule has 0 aromatic heterocycles. The summed E-state index contributed by atoms with van der Waals surface area (Å²) in [4.78, 5) is 12.6. The van der Waals surface area contributed by atoms with Crippen molar-refractivity contribution < 1.29 is 14.3 Å². The van der Waals surface area contributed by atoms with Crippen molar-refractivity contribution in [2.24, 2.45) is 0 Å². The Bertz CT molecular complexity index is 1170. The monoisotopic (exact) mass is 602 g/mol. The van der Waals surface area contributed by atoms with Crippen molar-refractivity contribution in [3.05, 3.63) is 91.5 Å². The van der Waals surface area contributed by atoms with Crippen LogP contribution >= 0.6 is 38.5 Å². The van der Waals surface area contributed by atoms with Crippen LogP contribution in [0, 0.1) is 14.9 Å². The van der Waals surface area contributed by atoms with E-state index in [0.29, 0.717) is 36.0 Å². The summed E-state index contributed by atoms with van der Waals surface area (Å²) in [6.45, 7) is 2.75. The molecule has 0 bridgehead atoms. The average molecular weight is 603 g/mol. The van der Waals surface area contributed by atoms with Gasteiger partial charge in [0.1, 0.15) is 18.2 Å². The van der Waals surface area contributed by atoms with Crippen LogP contribution in [0.3, 0.4) is 0 Å². The maximum Gasteiger partial charge on any atom is 0.266 e. The number of amides is 1. The molecule has 0 unspecified atom stereocenters. The summed E-state index contributed by atoms with van der Waals surface area (Å²) in [7, 11) is 0. The molecule has 0 heterocycles. The summed E-state index contributed by atoms with van der Waals surface area (Å²) in [6.07, 6.45) is 1.54. The smallest absolute Gasteiger partial charge is 0.266 e. The highest BCUT2D eigenvalue weighted by molar-refractivity contribution is 14.1. The number of rotatable bonds is 8. The lowest BCUT2D eigenvalue weighted by molar-refractivity contribution is -0.112. The van der Waals surface area contributed by atoms with Crippen LogP contribution in [0.15, 0.2) is 76.8 Å². The highest BCUT2D eigenvalue weighted by Gasteiger charge is 2.15. The zero-order valence-electron chi connectivity index (χ0n) is 17.3. The molecule has 0 aliphatic carbocycles. The van der Waals surface area contributed by atoms with Gasteiger partial charge in [0.2, 0.25) is 0 Å². The quantitative estimate of drug-likeness (QED) is 0.180. The van der Waals surface area contributed by atoms with Gasteiger partial charge in [0, 0.05) is 4.47 Å². The maximum atomic E-state index is 12.6. The Balaban J connectivity index is 1.86. The number of hydrogen-bond acceptors (Lipinski definition) is 4. The predicted octanol–water partition coefficient (Wildman–Crippen LogP) is 6.58. The topological polar surface area (TPSA) is 71.3 Å². The van der Waals surface area contributed by atoms with E-state index in [1.54, 1.807) is 18.2 Å². The largest absolute Gasteiger partial charge is 0.490 e. The van der Waals surface area contributed by atoms with Gasteiger partial charge in [0.25, 0.3) is 5.91 Å². The molecule has 0 aliphatic rings. The fraction of sp³-hybridized carbons (Fsp3) is 0.120. The molecule has 32 heavy (non-hydrogen) atoms. The maximum absolute atomic E-state index is 12.6. The number of halogens is 2. The van der Waals surface area contributed by atoms with Gasteiger partial charge >= 0.3 is 0 Å². The lowest BCUT2D eigenvalue weighted by atomic mass is 10.1. The third-order valence-electron chi connectivity index (χ3n) is 4.36. The summed E-state index contributed by atoms with van der Waals surface area (Å²) in [5, 5.41) is 12.3. The molecule has 5 nitrogen and oxygen atoms in total. The first-order valence-electron chi connectivity index (χ1n) is 9.82. The van der Waals surface area contributed by atoms with Gasteiger partial charge in [-0.1, -0.05) is 42.5 Å². The van der Waals surface area contributed by atoms with E-state index in [2.05, 4.69) is 43.8 Å². The molecule has 3 aromatic rings. The minimum absolute atomic E-state index is 0.0167. The van der Waals surface area contributed by atoms with Crippen molar-refractivity contribution in [2.45, 2.75) is 13.5 Å². The molecule has 3 rings (SSSR count). The second-order valence-corrected chi connectivity index (χ2v) is 8.66. The molecule has 0 radical (unpaired) electrons. The van der Waals surface area contributed by atoms with Crippen molar-refractivity contribution in [3.8, 4) is 17.6 Å². The van der Waals surface area contributed by atoms with E-state index in [1.807, 2.05) is 61.5 Å². The van der Waals surface area contributed by atoms with Crippen LogP contribution < -0.4 is 14.8 Å². The summed E-state index contributed by atoms with van der Waals surface area (Å²) in [6, 6.07) is 22.7. The van der Waals surface area contributed by atoms with Crippen LogP contribution in [0.25, 0.3) is 6.08 Å². The SMILES string of the molecule is CCOc1cc(/C=C(\C#N)C(=O)Nc2ccccc2Br)cc(I)c1OCc1ccccc1. The van der Waals surface area contributed by atoms with Crippen LogP contribution in [-0.4, -0.2) is 12.5 Å². The van der Waals surface area contributed by atoms with Gasteiger partial charge in [-0.3, -0.25) is 4.79 Å². The molecule has 7 heteroatoms. The molecule has 162 valence electrons. The number of ether oxygens (including phenoxy) is 2. The first-order chi connectivity index (χ1) is 15.5. The van der Waals surface area contributed by atoms with Crippen LogP contribution in [0.4, 0.5) is 5.69 Å². The lowest BCUT2D eigenvalue weighted by Crippen LogP contribution is -2.13. The highest BCUT2D eigenvalue weighted by atomic mass is 127. The van der Waals surface area contributed by atoms with Crippen molar-refractivity contribution >= 4 is 56.2 Å². The van der Waals surface area contributed by atoms with Crippen molar-refractivity contribution in [1.82, 2.24) is 0 Å². The number of nitrogens with one attached hydrogen (secondary N) is 1. The van der Waals surface area contributed by atoms with Crippen LogP contribution in [0.5, 0.6) is 11.5 Å². The average Bonchev–Trinajstić information content (AvgIpc) is 2.79. The van der Waals surface area contributed by atoms with Gasteiger partial charge in [0.05, 0.1) is 15.9 Å². The number of carbonyl (C=O) groups is 1. The Morgan fingerprint density at radius 2 is 1.84 bits per heavy atom. The fourth-order valence-corrected chi connectivity index (χ4v) is 4.04. The van der Waals surface area contributed by atoms with E-state index >= 15 is 0 Å². The van der Waals surface area contributed by atoms with E-state index in [9.17, 15) is 10.1 Å². The highest BCUT2D eigenvalue weighted by Crippen LogP contribution is 2.35. The van der Waals surface area contributed by atoms with E-state index < -0.39 is 5.91 Å². The third kappa shape index (κ3) is 6.34. The summed E-state index contributed by atoms with van der Waals surface area (Å²) in [5.74, 6) is 0.700. The number of anilines is 1. The van der Waals surface area contributed by atoms with Crippen LogP contribution in [0.1, 0.15) is 18.1 Å². The second-order valence-electron chi connectivity index (χ2n) is 6.64. The zero-order valence-corrected chi connectivity index (χ0v) is 21.0. The summed E-state index contributed by atoms with van der Waals surface area (Å²) >= 11 is 5.56. The molecule has 1 N–H and O–H groups in total. The van der Waals surface area contributed by atoms with Gasteiger partial charge < -0.3 is 14.8 Å². The van der Waals surface area contributed by atoms with Gasteiger partial charge in [-0.15, -0.1) is 0 Å². The van der Waals surface area contributed by atoms with Gasteiger partial charge in [-0.25, -0.2) is 0 Å². The van der Waals surface area contributed by atoms with E-state index in [1.165, 1.54) is 6.08 Å². The van der Waals surface area contributed by atoms with Crippen LogP contribution in [0.2, 0.25) is 0 Å². The third-order valence-corrected chi connectivity index (χ3v) is 5.85. The molecule has 0 saturated carbocycles. The molecular weight excluding hydrogens is 583 g/mol. The Morgan fingerprint density at radius 1 is 1.12 bits per heavy atom. The Hall–Kier alpha value is -2.83. The molecule has 0 fully saturated rings. The first-order valence-corrected chi connectivity index (χ1v) is 11.7. The van der Waals surface area contributed by atoms with Gasteiger partial charge in [-0.2, -0.15) is 5.26 Å². The molecule has 0 atom stereocenters. The number of hydrogen-bond donors (Lipinski definition) is 1. The molecule has 3 aromatic carbocycles. The standard InChI is InChI=1S/C25H20BrIN2O3/c1-2-31-23-14-18(13-21(27)24(23)32-16-17-8-4-3-5-9-17)12-19(15-28)25(30)29-22-11-7-6-10-20(22)26/h3-14H,2,16H2,1H3,(H,29,30)/b19-12+. The number of para-hydroxylation sites is 1. The zero-order chi connectivity index (χ0) is 22.9. The first kappa shape index (κ1) is 23.8. The van der Waals surface area contributed by atoms with Crippen molar-refractivity contribution in [1.29, 1.82) is 5.26 Å². The Kier molecular flexibility index (Phi) is 8.71. The number of benzene rings is 3. The molecule has 0 spiro atoms. The molecule has 0 saturated heterocycles.